The smallest absolute Gasteiger partial charge is 0.107 e. The molecule has 3 nitrogen and oxygen atoms in total. The molecule has 0 aromatic carbocycles. The van der Waals surface area contributed by atoms with E-state index < -0.39 is 0 Å². The number of hydrogen-bond acceptors (Lipinski definition) is 2. The molecule has 1 aromatic rings. The molecule has 14 heavy (non-hydrogen) atoms. The zero-order valence-corrected chi connectivity index (χ0v) is 8.58. The van der Waals surface area contributed by atoms with Crippen molar-refractivity contribution >= 4 is 0 Å². The summed E-state index contributed by atoms with van der Waals surface area (Å²) in [6, 6.07) is 0.293. The van der Waals surface area contributed by atoms with Gasteiger partial charge in [-0.1, -0.05) is 19.3 Å². The lowest BCUT2D eigenvalue weighted by molar-refractivity contribution is 0.301. The van der Waals surface area contributed by atoms with Gasteiger partial charge in [-0.25, -0.2) is 4.98 Å². The summed E-state index contributed by atoms with van der Waals surface area (Å²) in [5.74, 6) is 1.75. The van der Waals surface area contributed by atoms with Crippen molar-refractivity contribution in [3.05, 3.63) is 18.2 Å². The van der Waals surface area contributed by atoms with E-state index in [1.165, 1.54) is 32.1 Å². The highest BCUT2D eigenvalue weighted by Crippen LogP contribution is 2.26. The minimum Gasteiger partial charge on any atom is -0.349 e. The van der Waals surface area contributed by atoms with Crippen LogP contribution in [-0.4, -0.2) is 16.0 Å². The van der Waals surface area contributed by atoms with E-state index in [-0.39, 0.29) is 0 Å². The van der Waals surface area contributed by atoms with E-state index in [0.29, 0.717) is 12.0 Å². The molecule has 1 fully saturated rings. The third-order valence-electron chi connectivity index (χ3n) is 3.24. The lowest BCUT2D eigenvalue weighted by atomic mass is 9.83. The molecule has 78 valence electrons. The van der Waals surface area contributed by atoms with Crippen molar-refractivity contribution in [1.29, 1.82) is 0 Å². The van der Waals surface area contributed by atoms with Gasteiger partial charge in [0.1, 0.15) is 5.82 Å². The van der Waals surface area contributed by atoms with Crippen LogP contribution in [0.2, 0.25) is 0 Å². The predicted octanol–water partition coefficient (Wildman–Crippen LogP) is 1.86. The van der Waals surface area contributed by atoms with Gasteiger partial charge in [0.2, 0.25) is 0 Å². The van der Waals surface area contributed by atoms with Crippen LogP contribution < -0.4 is 5.73 Å². The first-order valence-electron chi connectivity index (χ1n) is 5.60. The zero-order chi connectivity index (χ0) is 9.80. The Bertz CT molecular complexity index is 250. The fourth-order valence-electron chi connectivity index (χ4n) is 2.36. The highest BCUT2D eigenvalue weighted by atomic mass is 14.9. The number of aromatic amines is 1. The monoisotopic (exact) mass is 193 g/mol. The SMILES string of the molecule is NC(Cc1ncc[nH]1)C1CCCCC1. The number of imidazole rings is 1. The quantitative estimate of drug-likeness (QED) is 0.769. The second kappa shape index (κ2) is 4.60. The van der Waals surface area contributed by atoms with E-state index >= 15 is 0 Å². The second-order valence-corrected chi connectivity index (χ2v) is 4.30. The van der Waals surface area contributed by atoms with Crippen LogP contribution >= 0.6 is 0 Å². The van der Waals surface area contributed by atoms with Gasteiger partial charge < -0.3 is 10.7 Å². The maximum atomic E-state index is 6.18. The summed E-state index contributed by atoms with van der Waals surface area (Å²) in [6.45, 7) is 0. The fourth-order valence-corrected chi connectivity index (χ4v) is 2.36. The van der Waals surface area contributed by atoms with Gasteiger partial charge in [0, 0.05) is 24.9 Å². The van der Waals surface area contributed by atoms with Crippen molar-refractivity contribution in [3.63, 3.8) is 0 Å². The Morgan fingerprint density at radius 2 is 2.21 bits per heavy atom. The number of H-pyrrole nitrogens is 1. The molecule has 1 aromatic heterocycles. The molecule has 0 bridgehead atoms. The van der Waals surface area contributed by atoms with Crippen molar-refractivity contribution in [3.8, 4) is 0 Å². The minimum absolute atomic E-state index is 0.293. The maximum Gasteiger partial charge on any atom is 0.107 e. The van der Waals surface area contributed by atoms with E-state index in [1.54, 1.807) is 6.20 Å². The molecule has 3 heteroatoms. The first-order chi connectivity index (χ1) is 6.86. The molecule has 0 spiro atoms. The van der Waals surface area contributed by atoms with Crippen LogP contribution in [0, 0.1) is 5.92 Å². The molecular weight excluding hydrogens is 174 g/mol. The van der Waals surface area contributed by atoms with Crippen LogP contribution in [0.4, 0.5) is 0 Å². The first kappa shape index (κ1) is 9.71. The van der Waals surface area contributed by atoms with Gasteiger partial charge in [0.25, 0.3) is 0 Å². The molecule has 0 amide bonds. The summed E-state index contributed by atoms with van der Waals surface area (Å²) in [5.41, 5.74) is 6.18. The van der Waals surface area contributed by atoms with Gasteiger partial charge in [0.05, 0.1) is 0 Å². The second-order valence-electron chi connectivity index (χ2n) is 4.30. The van der Waals surface area contributed by atoms with Crippen molar-refractivity contribution < 1.29 is 0 Å². The summed E-state index contributed by atoms with van der Waals surface area (Å²) < 4.78 is 0. The minimum atomic E-state index is 0.293. The Kier molecular flexibility index (Phi) is 3.19. The van der Waals surface area contributed by atoms with E-state index in [0.717, 1.165) is 12.2 Å². The summed E-state index contributed by atoms with van der Waals surface area (Å²) in [4.78, 5) is 7.33. The number of nitrogens with two attached hydrogens (primary N) is 1. The maximum absolute atomic E-state index is 6.18. The number of rotatable bonds is 3. The van der Waals surface area contributed by atoms with Crippen molar-refractivity contribution in [2.75, 3.05) is 0 Å². The van der Waals surface area contributed by atoms with Crippen LogP contribution in [-0.2, 0) is 6.42 Å². The lowest BCUT2D eigenvalue weighted by Crippen LogP contribution is -2.33. The first-order valence-corrected chi connectivity index (χ1v) is 5.60. The topological polar surface area (TPSA) is 54.7 Å². The van der Waals surface area contributed by atoms with Crippen LogP contribution in [0.5, 0.6) is 0 Å². The predicted molar refractivity (Wildman–Crippen MR) is 56.8 cm³/mol. The molecular formula is C11H19N3. The molecule has 0 aliphatic heterocycles. The Hall–Kier alpha value is -0.830. The van der Waals surface area contributed by atoms with Crippen LogP contribution in [0.3, 0.4) is 0 Å². The molecule has 2 rings (SSSR count). The van der Waals surface area contributed by atoms with Crippen LogP contribution in [0.15, 0.2) is 12.4 Å². The Labute approximate surface area is 85.1 Å². The highest BCUT2D eigenvalue weighted by Gasteiger charge is 2.21. The molecule has 3 N–H and O–H groups in total. The number of aromatic nitrogens is 2. The standard InChI is InChI=1S/C11H19N3/c12-10(8-11-13-6-7-14-11)9-4-2-1-3-5-9/h6-7,9-10H,1-5,8,12H2,(H,13,14). The van der Waals surface area contributed by atoms with Gasteiger partial charge in [-0.3, -0.25) is 0 Å². The summed E-state index contributed by atoms with van der Waals surface area (Å²) in [5, 5.41) is 0. The average Bonchev–Trinajstić information content (AvgIpc) is 2.72. The van der Waals surface area contributed by atoms with E-state index in [2.05, 4.69) is 9.97 Å². The van der Waals surface area contributed by atoms with Crippen LogP contribution in [0.25, 0.3) is 0 Å². The van der Waals surface area contributed by atoms with E-state index in [4.69, 9.17) is 5.73 Å². The number of nitrogens with zero attached hydrogens (tertiary/aromatic N) is 1. The Balaban J connectivity index is 1.85. The van der Waals surface area contributed by atoms with Crippen molar-refractivity contribution in [2.24, 2.45) is 11.7 Å². The fraction of sp³-hybridized carbons (Fsp3) is 0.727. The van der Waals surface area contributed by atoms with Gasteiger partial charge in [-0.15, -0.1) is 0 Å². The summed E-state index contributed by atoms with van der Waals surface area (Å²) in [6.07, 6.45) is 11.3. The molecule has 0 radical (unpaired) electrons. The molecule has 1 aliphatic carbocycles. The third-order valence-corrected chi connectivity index (χ3v) is 3.24. The average molecular weight is 193 g/mol. The lowest BCUT2D eigenvalue weighted by Gasteiger charge is -2.26. The molecule has 1 unspecified atom stereocenters. The molecule has 0 saturated heterocycles. The molecule has 1 saturated carbocycles. The van der Waals surface area contributed by atoms with Gasteiger partial charge in [-0.05, 0) is 18.8 Å². The highest BCUT2D eigenvalue weighted by molar-refractivity contribution is 4.92. The summed E-state index contributed by atoms with van der Waals surface area (Å²) in [7, 11) is 0. The molecule has 1 heterocycles. The molecule has 1 aliphatic rings. The van der Waals surface area contributed by atoms with E-state index in [1.807, 2.05) is 6.20 Å². The van der Waals surface area contributed by atoms with Crippen LogP contribution in [0.1, 0.15) is 37.9 Å². The largest absolute Gasteiger partial charge is 0.349 e. The zero-order valence-electron chi connectivity index (χ0n) is 8.58. The third kappa shape index (κ3) is 2.35. The Morgan fingerprint density at radius 1 is 1.43 bits per heavy atom. The van der Waals surface area contributed by atoms with Crippen molar-refractivity contribution in [1.82, 2.24) is 9.97 Å². The normalized spacial score (nSPS) is 20.9. The number of nitrogens with one attached hydrogen (secondary N) is 1. The Morgan fingerprint density at radius 3 is 2.86 bits per heavy atom. The van der Waals surface area contributed by atoms with Gasteiger partial charge >= 0.3 is 0 Å². The van der Waals surface area contributed by atoms with E-state index in [9.17, 15) is 0 Å². The van der Waals surface area contributed by atoms with Gasteiger partial charge in [-0.2, -0.15) is 0 Å². The van der Waals surface area contributed by atoms with Gasteiger partial charge in [0.15, 0.2) is 0 Å². The van der Waals surface area contributed by atoms with Crippen molar-refractivity contribution in [2.45, 2.75) is 44.6 Å². The molecule has 1 atom stereocenters. The summed E-state index contributed by atoms with van der Waals surface area (Å²) >= 11 is 0. The number of hydrogen-bond donors (Lipinski definition) is 2.